The van der Waals surface area contributed by atoms with Crippen molar-refractivity contribution in [3.05, 3.63) is 84.7 Å². The first-order valence-corrected chi connectivity index (χ1v) is 12.3. The van der Waals surface area contributed by atoms with Crippen LogP contribution in [-0.2, 0) is 10.0 Å². The van der Waals surface area contributed by atoms with Crippen molar-refractivity contribution in [2.75, 3.05) is 5.32 Å². The summed E-state index contributed by atoms with van der Waals surface area (Å²) in [6, 6.07) is 20.3. The summed E-state index contributed by atoms with van der Waals surface area (Å²) in [5.41, 5.74) is 3.67. The van der Waals surface area contributed by atoms with Crippen LogP contribution in [0.25, 0.3) is 27.8 Å². The van der Waals surface area contributed by atoms with Crippen LogP contribution in [0.5, 0.6) is 0 Å². The molecule has 168 valence electrons. The van der Waals surface area contributed by atoms with Crippen LogP contribution in [0.3, 0.4) is 0 Å². The smallest absolute Gasteiger partial charge is 0.268 e. The van der Waals surface area contributed by atoms with Crippen molar-refractivity contribution in [2.45, 2.75) is 38.1 Å². The molecule has 5 rings (SSSR count). The fraction of sp³-hybridized carbons (Fsp3) is 0.192. The standard InChI is InChI=1S/C26H26N4O2S/c1-18-12-14-19(15-13-18)33(31,32)30-17-21(20-9-5-6-10-22(20)30)24-25(28-26(2,3)4)29-16-8-7-11-23(29)27-24/h5-17,28H,1-4H3. The molecular formula is C26H26N4O2S. The molecule has 1 N–H and O–H groups in total. The number of para-hydroxylation sites is 1. The van der Waals surface area contributed by atoms with Gasteiger partial charge < -0.3 is 5.32 Å². The summed E-state index contributed by atoms with van der Waals surface area (Å²) in [4.78, 5) is 5.14. The van der Waals surface area contributed by atoms with Gasteiger partial charge in [-0.1, -0.05) is 42.0 Å². The summed E-state index contributed by atoms with van der Waals surface area (Å²) in [7, 11) is -3.79. The third-order valence-corrected chi connectivity index (χ3v) is 7.22. The van der Waals surface area contributed by atoms with Crippen molar-refractivity contribution in [1.29, 1.82) is 0 Å². The van der Waals surface area contributed by atoms with Crippen molar-refractivity contribution >= 4 is 32.4 Å². The maximum absolute atomic E-state index is 13.6. The van der Waals surface area contributed by atoms with Crippen LogP contribution in [0.15, 0.2) is 84.0 Å². The average molecular weight is 459 g/mol. The van der Waals surface area contributed by atoms with E-state index in [0.29, 0.717) is 11.2 Å². The van der Waals surface area contributed by atoms with E-state index in [9.17, 15) is 8.42 Å². The fourth-order valence-electron chi connectivity index (χ4n) is 4.02. The van der Waals surface area contributed by atoms with Gasteiger partial charge in [-0.3, -0.25) is 4.40 Å². The minimum absolute atomic E-state index is 0.215. The van der Waals surface area contributed by atoms with Gasteiger partial charge in [-0.05, 0) is 58.0 Å². The summed E-state index contributed by atoms with van der Waals surface area (Å²) < 4.78 is 30.6. The van der Waals surface area contributed by atoms with Crippen LogP contribution in [0.1, 0.15) is 26.3 Å². The zero-order valence-electron chi connectivity index (χ0n) is 19.1. The van der Waals surface area contributed by atoms with Crippen molar-refractivity contribution in [3.63, 3.8) is 0 Å². The first-order chi connectivity index (χ1) is 15.6. The first kappa shape index (κ1) is 21.3. The summed E-state index contributed by atoms with van der Waals surface area (Å²) in [6.07, 6.45) is 3.65. The zero-order valence-corrected chi connectivity index (χ0v) is 19.9. The number of nitrogens with zero attached hydrogens (tertiary/aromatic N) is 3. The Labute approximate surface area is 193 Å². The minimum Gasteiger partial charge on any atom is -0.365 e. The number of aromatic nitrogens is 3. The normalized spacial score (nSPS) is 12.5. The van der Waals surface area contributed by atoms with Crippen molar-refractivity contribution < 1.29 is 8.42 Å². The van der Waals surface area contributed by atoms with Crippen LogP contribution in [-0.4, -0.2) is 27.3 Å². The van der Waals surface area contributed by atoms with Crippen molar-refractivity contribution in [1.82, 2.24) is 13.4 Å². The SMILES string of the molecule is Cc1ccc(S(=O)(=O)n2cc(-c3nc4ccccn4c3NC(C)(C)C)c3ccccc32)cc1. The van der Waals surface area contributed by atoms with Crippen molar-refractivity contribution in [2.24, 2.45) is 0 Å². The lowest BCUT2D eigenvalue weighted by molar-refractivity contribution is 0.589. The number of rotatable bonds is 4. The Kier molecular flexibility index (Phi) is 4.83. The summed E-state index contributed by atoms with van der Waals surface area (Å²) in [5.74, 6) is 0.828. The molecule has 0 atom stereocenters. The van der Waals surface area contributed by atoms with Crippen LogP contribution in [0, 0.1) is 6.92 Å². The zero-order chi connectivity index (χ0) is 23.4. The number of imidazole rings is 1. The first-order valence-electron chi connectivity index (χ1n) is 10.8. The van der Waals surface area contributed by atoms with E-state index in [2.05, 4.69) is 26.1 Å². The highest BCUT2D eigenvalue weighted by atomic mass is 32.2. The molecule has 0 saturated heterocycles. The van der Waals surface area contributed by atoms with E-state index < -0.39 is 10.0 Å². The quantitative estimate of drug-likeness (QED) is 0.374. The molecule has 2 aromatic carbocycles. The molecule has 33 heavy (non-hydrogen) atoms. The van der Waals surface area contributed by atoms with Crippen LogP contribution in [0.2, 0.25) is 0 Å². The minimum atomic E-state index is -3.79. The van der Waals surface area contributed by atoms with Gasteiger partial charge in [0.05, 0.1) is 10.4 Å². The molecular weight excluding hydrogens is 432 g/mol. The van der Waals surface area contributed by atoms with Crippen molar-refractivity contribution in [3.8, 4) is 11.3 Å². The lowest BCUT2D eigenvalue weighted by Gasteiger charge is -2.22. The molecule has 0 saturated carbocycles. The molecule has 0 aliphatic heterocycles. The second kappa shape index (κ2) is 7.49. The Morgan fingerprint density at radius 3 is 2.33 bits per heavy atom. The van der Waals surface area contributed by atoms with Gasteiger partial charge in [0.15, 0.2) is 0 Å². The molecule has 0 aliphatic carbocycles. The number of fused-ring (bicyclic) bond motifs is 2. The van der Waals surface area contributed by atoms with Crippen LogP contribution in [0.4, 0.5) is 5.82 Å². The third kappa shape index (κ3) is 3.68. The predicted octanol–water partition coefficient (Wildman–Crippen LogP) is 5.71. The maximum atomic E-state index is 13.6. The van der Waals surface area contributed by atoms with E-state index in [-0.39, 0.29) is 10.4 Å². The van der Waals surface area contributed by atoms with Gasteiger partial charge >= 0.3 is 0 Å². The van der Waals surface area contributed by atoms with Crippen LogP contribution >= 0.6 is 0 Å². The number of hydrogen-bond donors (Lipinski definition) is 1. The monoisotopic (exact) mass is 458 g/mol. The fourth-order valence-corrected chi connectivity index (χ4v) is 5.39. The highest BCUT2D eigenvalue weighted by Crippen LogP contribution is 2.37. The Balaban J connectivity index is 1.79. The number of benzene rings is 2. The second-order valence-corrected chi connectivity index (χ2v) is 11.1. The number of pyridine rings is 1. The molecule has 0 amide bonds. The predicted molar refractivity (Wildman–Crippen MR) is 133 cm³/mol. The van der Waals surface area contributed by atoms with E-state index in [1.54, 1.807) is 18.3 Å². The van der Waals surface area contributed by atoms with E-state index in [0.717, 1.165) is 28.0 Å². The van der Waals surface area contributed by atoms with E-state index in [1.807, 2.05) is 72.1 Å². The van der Waals surface area contributed by atoms with Gasteiger partial charge in [0, 0.05) is 28.9 Å². The van der Waals surface area contributed by atoms with Crippen LogP contribution < -0.4 is 5.32 Å². The van der Waals surface area contributed by atoms with Gasteiger partial charge in [-0.2, -0.15) is 0 Å². The molecule has 7 heteroatoms. The van der Waals surface area contributed by atoms with Gasteiger partial charge in [-0.15, -0.1) is 0 Å². The number of nitrogens with one attached hydrogen (secondary N) is 1. The Hall–Kier alpha value is -3.58. The highest BCUT2D eigenvalue weighted by Gasteiger charge is 2.26. The van der Waals surface area contributed by atoms with E-state index in [4.69, 9.17) is 4.98 Å². The molecule has 0 fully saturated rings. The van der Waals surface area contributed by atoms with E-state index >= 15 is 0 Å². The number of anilines is 1. The molecule has 0 radical (unpaired) electrons. The molecule has 6 nitrogen and oxygen atoms in total. The number of aryl methyl sites for hydroxylation is 1. The van der Waals surface area contributed by atoms with Gasteiger partial charge in [0.2, 0.25) is 0 Å². The highest BCUT2D eigenvalue weighted by molar-refractivity contribution is 7.90. The summed E-state index contributed by atoms with van der Waals surface area (Å²) >= 11 is 0. The average Bonchev–Trinajstić information content (AvgIpc) is 3.32. The lowest BCUT2D eigenvalue weighted by Crippen LogP contribution is -2.27. The third-order valence-electron chi connectivity index (χ3n) is 5.53. The summed E-state index contributed by atoms with van der Waals surface area (Å²) in [5, 5.41) is 4.39. The Morgan fingerprint density at radius 2 is 1.61 bits per heavy atom. The summed E-state index contributed by atoms with van der Waals surface area (Å²) in [6.45, 7) is 8.20. The molecule has 0 bridgehead atoms. The Morgan fingerprint density at radius 1 is 0.909 bits per heavy atom. The molecule has 5 aromatic rings. The molecule has 0 aliphatic rings. The number of hydrogen-bond acceptors (Lipinski definition) is 4. The largest absolute Gasteiger partial charge is 0.365 e. The van der Waals surface area contributed by atoms with Gasteiger partial charge in [-0.25, -0.2) is 17.4 Å². The Bertz CT molecular complexity index is 1590. The maximum Gasteiger partial charge on any atom is 0.268 e. The van der Waals surface area contributed by atoms with Gasteiger partial charge in [0.1, 0.15) is 17.2 Å². The van der Waals surface area contributed by atoms with Gasteiger partial charge in [0.25, 0.3) is 10.0 Å². The molecule has 0 unspecified atom stereocenters. The lowest BCUT2D eigenvalue weighted by atomic mass is 10.1. The molecule has 0 spiro atoms. The topological polar surface area (TPSA) is 68.4 Å². The molecule has 3 heterocycles. The molecule has 3 aromatic heterocycles. The van der Waals surface area contributed by atoms with E-state index in [1.165, 1.54) is 3.97 Å². The second-order valence-electron chi connectivity index (χ2n) is 9.29.